The summed E-state index contributed by atoms with van der Waals surface area (Å²) in [5, 5.41) is 0. The van der Waals surface area contributed by atoms with Gasteiger partial charge in [0.05, 0.1) is 11.4 Å². The third-order valence-electron chi connectivity index (χ3n) is 8.23. The Morgan fingerprint density at radius 1 is 0.750 bits per heavy atom. The lowest BCUT2D eigenvalue weighted by molar-refractivity contribution is -0.274. The SMILES string of the molecule is CCCCn1c(-c2ccccc2)nc(-c2ccc(OC(F)(F)F)cc2)c1CN(Cc1cccc(OC(F)(F)C(F)F)c1)Cc1ccc2c(c1)OCO2. The van der Waals surface area contributed by atoms with Crippen molar-refractivity contribution in [3.05, 3.63) is 114 Å². The molecule has 0 aliphatic carbocycles. The molecule has 5 aromatic rings. The first-order chi connectivity index (χ1) is 24.9. The zero-order valence-electron chi connectivity index (χ0n) is 27.9. The Balaban J connectivity index is 1.43. The monoisotopic (exact) mass is 729 g/mol. The average Bonchev–Trinajstić information content (AvgIpc) is 3.71. The molecule has 0 radical (unpaired) electrons. The van der Waals surface area contributed by atoms with Gasteiger partial charge in [-0.25, -0.2) is 4.98 Å². The van der Waals surface area contributed by atoms with E-state index in [4.69, 9.17) is 14.5 Å². The molecule has 0 saturated carbocycles. The number of hydrogen-bond acceptors (Lipinski definition) is 6. The maximum Gasteiger partial charge on any atom is 0.573 e. The van der Waals surface area contributed by atoms with Crippen molar-refractivity contribution >= 4 is 0 Å². The highest BCUT2D eigenvalue weighted by Gasteiger charge is 2.44. The number of ether oxygens (including phenoxy) is 4. The van der Waals surface area contributed by atoms with Gasteiger partial charge in [0.2, 0.25) is 6.79 Å². The number of alkyl halides is 7. The van der Waals surface area contributed by atoms with Crippen LogP contribution >= 0.6 is 0 Å². The van der Waals surface area contributed by atoms with E-state index < -0.39 is 24.6 Å². The molecular weight excluding hydrogens is 695 g/mol. The van der Waals surface area contributed by atoms with E-state index in [-0.39, 0.29) is 25.6 Å². The van der Waals surface area contributed by atoms with Crippen molar-refractivity contribution in [1.82, 2.24) is 14.5 Å². The van der Waals surface area contributed by atoms with Gasteiger partial charge in [0.1, 0.15) is 17.3 Å². The summed E-state index contributed by atoms with van der Waals surface area (Å²) in [6, 6.07) is 26.0. The first-order valence-corrected chi connectivity index (χ1v) is 16.4. The number of halogens is 7. The van der Waals surface area contributed by atoms with Crippen molar-refractivity contribution in [1.29, 1.82) is 0 Å². The number of rotatable bonds is 15. The number of aromatic nitrogens is 2. The van der Waals surface area contributed by atoms with E-state index >= 15 is 0 Å². The van der Waals surface area contributed by atoms with Gasteiger partial charge in [-0.05, 0) is 66.1 Å². The Labute approximate surface area is 295 Å². The van der Waals surface area contributed by atoms with Crippen LogP contribution in [0.2, 0.25) is 0 Å². The largest absolute Gasteiger partial charge is 0.573 e. The average molecular weight is 730 g/mol. The fourth-order valence-corrected chi connectivity index (χ4v) is 5.90. The van der Waals surface area contributed by atoms with E-state index in [1.165, 1.54) is 42.5 Å². The van der Waals surface area contributed by atoms with Gasteiger partial charge in [-0.2, -0.15) is 17.6 Å². The highest BCUT2D eigenvalue weighted by atomic mass is 19.4. The van der Waals surface area contributed by atoms with Gasteiger partial charge in [0.15, 0.2) is 11.5 Å². The maximum atomic E-state index is 13.8. The van der Waals surface area contributed by atoms with Crippen LogP contribution in [0.15, 0.2) is 97.1 Å². The Bertz CT molecular complexity index is 1950. The molecule has 14 heteroatoms. The molecular formula is C38H34F7N3O4. The molecule has 0 atom stereocenters. The molecule has 4 aromatic carbocycles. The summed E-state index contributed by atoms with van der Waals surface area (Å²) in [5.74, 6) is 0.999. The number of imidazole rings is 1. The molecule has 52 heavy (non-hydrogen) atoms. The van der Waals surface area contributed by atoms with Gasteiger partial charge in [0.25, 0.3) is 0 Å². The normalized spacial score (nSPS) is 12.9. The van der Waals surface area contributed by atoms with Crippen LogP contribution in [0.5, 0.6) is 23.0 Å². The first kappa shape index (κ1) is 36.5. The van der Waals surface area contributed by atoms with Gasteiger partial charge < -0.3 is 23.5 Å². The fourth-order valence-electron chi connectivity index (χ4n) is 5.90. The van der Waals surface area contributed by atoms with Gasteiger partial charge >= 0.3 is 18.9 Å². The van der Waals surface area contributed by atoms with Gasteiger partial charge in [-0.1, -0.05) is 61.9 Å². The van der Waals surface area contributed by atoms with E-state index in [9.17, 15) is 30.7 Å². The lowest BCUT2D eigenvalue weighted by Gasteiger charge is -2.25. The zero-order valence-corrected chi connectivity index (χ0v) is 27.9. The van der Waals surface area contributed by atoms with Crippen molar-refractivity contribution < 1.29 is 49.7 Å². The molecule has 0 fully saturated rings. The summed E-state index contributed by atoms with van der Waals surface area (Å²) in [4.78, 5) is 7.07. The first-order valence-electron chi connectivity index (χ1n) is 16.4. The summed E-state index contributed by atoms with van der Waals surface area (Å²) in [7, 11) is 0. The highest BCUT2D eigenvalue weighted by Crippen LogP contribution is 2.36. The summed E-state index contributed by atoms with van der Waals surface area (Å²) >= 11 is 0. The zero-order chi connectivity index (χ0) is 36.9. The minimum absolute atomic E-state index is 0.0770. The van der Waals surface area contributed by atoms with Crippen LogP contribution in [0, 0.1) is 0 Å². The second kappa shape index (κ2) is 15.6. The van der Waals surface area contributed by atoms with E-state index in [2.05, 4.69) is 21.0 Å². The molecule has 2 heterocycles. The minimum Gasteiger partial charge on any atom is -0.454 e. The summed E-state index contributed by atoms with van der Waals surface area (Å²) < 4.78 is 114. The smallest absolute Gasteiger partial charge is 0.454 e. The summed E-state index contributed by atoms with van der Waals surface area (Å²) in [6.07, 6.45) is -11.9. The van der Waals surface area contributed by atoms with Crippen LogP contribution in [-0.4, -0.2) is 40.1 Å². The van der Waals surface area contributed by atoms with E-state index in [1.807, 2.05) is 47.4 Å². The Kier molecular flexibility index (Phi) is 10.9. The van der Waals surface area contributed by atoms with Crippen molar-refractivity contribution in [3.63, 3.8) is 0 Å². The van der Waals surface area contributed by atoms with Crippen LogP contribution in [0.25, 0.3) is 22.6 Å². The van der Waals surface area contributed by atoms with Crippen LogP contribution in [0.4, 0.5) is 30.7 Å². The molecule has 0 bridgehead atoms. The van der Waals surface area contributed by atoms with Gasteiger partial charge in [-0.15, -0.1) is 13.2 Å². The Morgan fingerprint density at radius 2 is 1.46 bits per heavy atom. The lowest BCUT2D eigenvalue weighted by Crippen LogP contribution is -2.33. The molecule has 0 amide bonds. The van der Waals surface area contributed by atoms with Crippen molar-refractivity contribution in [2.45, 2.75) is 64.8 Å². The predicted molar refractivity (Wildman–Crippen MR) is 178 cm³/mol. The fraction of sp³-hybridized carbons (Fsp3) is 0.289. The number of fused-ring (bicyclic) bond motifs is 1. The quantitative estimate of drug-likeness (QED) is 0.100. The Hall–Kier alpha value is -5.24. The lowest BCUT2D eigenvalue weighted by atomic mass is 10.1. The van der Waals surface area contributed by atoms with Crippen LogP contribution in [-0.2, 0) is 26.2 Å². The second-order valence-electron chi connectivity index (χ2n) is 12.1. The van der Waals surface area contributed by atoms with E-state index in [1.54, 1.807) is 12.1 Å². The van der Waals surface area contributed by atoms with Crippen LogP contribution in [0.1, 0.15) is 36.6 Å². The second-order valence-corrected chi connectivity index (χ2v) is 12.1. The van der Waals surface area contributed by atoms with Crippen LogP contribution in [0.3, 0.4) is 0 Å². The Morgan fingerprint density at radius 3 is 2.15 bits per heavy atom. The maximum absolute atomic E-state index is 13.8. The molecule has 0 saturated heterocycles. The molecule has 0 unspecified atom stereocenters. The summed E-state index contributed by atoms with van der Waals surface area (Å²) in [6.45, 7) is 3.40. The van der Waals surface area contributed by atoms with Crippen molar-refractivity contribution in [2.75, 3.05) is 6.79 Å². The topological polar surface area (TPSA) is 58.0 Å². The molecule has 274 valence electrons. The number of nitrogens with zero attached hydrogens (tertiary/aromatic N) is 3. The molecule has 1 aliphatic heterocycles. The van der Waals surface area contributed by atoms with Gasteiger partial charge in [-0.3, -0.25) is 4.90 Å². The van der Waals surface area contributed by atoms with Gasteiger partial charge in [0, 0.05) is 37.3 Å². The molecule has 1 aliphatic rings. The minimum atomic E-state index is -4.86. The number of benzene rings is 4. The number of unbranched alkanes of at least 4 members (excludes halogenated alkanes) is 1. The van der Waals surface area contributed by atoms with Crippen LogP contribution < -0.4 is 18.9 Å². The van der Waals surface area contributed by atoms with Crippen molar-refractivity contribution in [2.24, 2.45) is 0 Å². The summed E-state index contributed by atoms with van der Waals surface area (Å²) in [5.41, 5.74) is 3.98. The third-order valence-corrected chi connectivity index (χ3v) is 8.23. The van der Waals surface area contributed by atoms with E-state index in [0.29, 0.717) is 47.2 Å². The molecule has 0 spiro atoms. The third kappa shape index (κ3) is 8.97. The standard InChI is InChI=1S/C38H34F7N3O4/c1-2-3-18-48-31(34(46-35(48)28-9-5-4-6-10-28)27-13-15-29(16-14-27)52-38(43,44)45)23-47(22-26-12-17-32-33(20-26)50-24-49-32)21-25-8-7-11-30(19-25)51-37(41,42)36(39)40/h4-17,19-20,36H,2-3,18,21-24H2,1H3. The molecule has 1 aromatic heterocycles. The number of hydrogen-bond donors (Lipinski definition) is 0. The highest BCUT2D eigenvalue weighted by molar-refractivity contribution is 5.69. The van der Waals surface area contributed by atoms with E-state index in [0.717, 1.165) is 29.7 Å². The molecule has 6 rings (SSSR count). The van der Waals surface area contributed by atoms with Crippen molar-refractivity contribution in [3.8, 4) is 45.6 Å². The molecule has 7 nitrogen and oxygen atoms in total. The molecule has 0 N–H and O–H groups in total. The predicted octanol–water partition coefficient (Wildman–Crippen LogP) is 10.1.